The number of aromatic nitrogens is 2. The number of aryl methyl sites for hydroxylation is 2. The third kappa shape index (κ3) is 4.12. The van der Waals surface area contributed by atoms with E-state index in [1.54, 1.807) is 0 Å². The number of piperidine rings is 1. The number of amides is 1. The lowest BCUT2D eigenvalue weighted by Gasteiger charge is -2.32. The normalized spacial score (nSPS) is 17.6. The van der Waals surface area contributed by atoms with Gasteiger partial charge in [-0.25, -0.2) is 4.98 Å². The summed E-state index contributed by atoms with van der Waals surface area (Å²) in [5.41, 5.74) is 1.59. The molecular weight excluding hydrogens is 370 g/mol. The van der Waals surface area contributed by atoms with Gasteiger partial charge in [-0.3, -0.25) is 4.79 Å². The fraction of sp³-hybridized carbons (Fsp3) is 0.389. The quantitative estimate of drug-likeness (QED) is 0.805. The van der Waals surface area contributed by atoms with Crippen molar-refractivity contribution < 1.29 is 9.53 Å². The van der Waals surface area contributed by atoms with Crippen LogP contribution in [-0.2, 0) is 0 Å². The largest absolute Gasteiger partial charge is 0.472 e. The summed E-state index contributed by atoms with van der Waals surface area (Å²) in [7, 11) is 0. The molecule has 0 saturated carbocycles. The molecule has 2 aromatic rings. The molecule has 3 rings (SSSR count). The number of nitrogens with zero attached hydrogens (tertiary/aromatic N) is 3. The van der Waals surface area contributed by atoms with Gasteiger partial charge in [-0.2, -0.15) is 4.98 Å². The molecule has 1 aromatic carbocycles. The van der Waals surface area contributed by atoms with Gasteiger partial charge in [0, 0.05) is 28.3 Å². The van der Waals surface area contributed by atoms with Gasteiger partial charge in [0.2, 0.25) is 5.88 Å². The first-order chi connectivity index (χ1) is 11.5. The first-order valence-electron chi connectivity index (χ1n) is 8.05. The molecule has 0 radical (unpaired) electrons. The number of ether oxygens (including phenoxy) is 1. The van der Waals surface area contributed by atoms with Crippen molar-refractivity contribution in [2.45, 2.75) is 32.8 Å². The standard InChI is InChI=1S/C18H20BrN3O2/c1-12-10-17(21-13(2)20-12)24-16-4-3-9-22(11-16)18(23)14-5-7-15(19)8-6-14/h5-8,10,16H,3-4,9,11H2,1-2H3. The molecule has 2 heterocycles. The highest BCUT2D eigenvalue weighted by molar-refractivity contribution is 9.10. The number of hydrogen-bond donors (Lipinski definition) is 0. The lowest BCUT2D eigenvalue weighted by Crippen LogP contribution is -2.44. The summed E-state index contributed by atoms with van der Waals surface area (Å²) < 4.78 is 6.97. The second-order valence-electron chi connectivity index (χ2n) is 6.03. The lowest BCUT2D eigenvalue weighted by atomic mass is 10.1. The van der Waals surface area contributed by atoms with E-state index >= 15 is 0 Å². The Morgan fingerprint density at radius 1 is 1.25 bits per heavy atom. The van der Waals surface area contributed by atoms with Gasteiger partial charge in [0.15, 0.2) is 0 Å². The maximum Gasteiger partial charge on any atom is 0.253 e. The van der Waals surface area contributed by atoms with Crippen LogP contribution < -0.4 is 4.74 Å². The third-order valence-corrected chi connectivity index (χ3v) is 4.52. The Hall–Kier alpha value is -1.95. The minimum absolute atomic E-state index is 0.0353. The second-order valence-corrected chi connectivity index (χ2v) is 6.95. The number of rotatable bonds is 3. The molecule has 6 heteroatoms. The Labute approximate surface area is 150 Å². The van der Waals surface area contributed by atoms with Crippen molar-refractivity contribution in [2.75, 3.05) is 13.1 Å². The minimum Gasteiger partial charge on any atom is -0.472 e. The van der Waals surface area contributed by atoms with E-state index in [4.69, 9.17) is 4.74 Å². The van der Waals surface area contributed by atoms with E-state index in [1.165, 1.54) is 0 Å². The molecule has 24 heavy (non-hydrogen) atoms. The van der Waals surface area contributed by atoms with Gasteiger partial charge in [-0.15, -0.1) is 0 Å². The molecular formula is C18H20BrN3O2. The van der Waals surface area contributed by atoms with Gasteiger partial charge >= 0.3 is 0 Å². The van der Waals surface area contributed by atoms with Gasteiger partial charge in [0.05, 0.1) is 6.54 Å². The summed E-state index contributed by atoms with van der Waals surface area (Å²) in [4.78, 5) is 23.1. The zero-order valence-electron chi connectivity index (χ0n) is 13.8. The fourth-order valence-electron chi connectivity index (χ4n) is 2.91. The van der Waals surface area contributed by atoms with E-state index in [2.05, 4.69) is 25.9 Å². The van der Waals surface area contributed by atoms with Crippen LogP contribution in [0, 0.1) is 13.8 Å². The molecule has 1 aromatic heterocycles. The number of halogens is 1. The minimum atomic E-state index is -0.0353. The molecule has 0 bridgehead atoms. The topological polar surface area (TPSA) is 55.3 Å². The van der Waals surface area contributed by atoms with Crippen LogP contribution in [-0.4, -0.2) is 40.0 Å². The first-order valence-corrected chi connectivity index (χ1v) is 8.84. The summed E-state index contributed by atoms with van der Waals surface area (Å²) in [5, 5.41) is 0. The van der Waals surface area contributed by atoms with E-state index < -0.39 is 0 Å². The maximum atomic E-state index is 12.6. The number of carbonyl (C=O) groups is 1. The van der Waals surface area contributed by atoms with Crippen molar-refractivity contribution >= 4 is 21.8 Å². The summed E-state index contributed by atoms with van der Waals surface area (Å²) in [5.74, 6) is 1.33. The lowest BCUT2D eigenvalue weighted by molar-refractivity contribution is 0.0527. The van der Waals surface area contributed by atoms with Crippen molar-refractivity contribution in [2.24, 2.45) is 0 Å². The predicted molar refractivity (Wildman–Crippen MR) is 95.2 cm³/mol. The summed E-state index contributed by atoms with van der Waals surface area (Å²) in [6, 6.07) is 9.29. The molecule has 1 unspecified atom stereocenters. The van der Waals surface area contributed by atoms with E-state index in [-0.39, 0.29) is 12.0 Å². The molecule has 1 aliphatic rings. The van der Waals surface area contributed by atoms with Crippen LogP contribution in [0.25, 0.3) is 0 Å². The third-order valence-electron chi connectivity index (χ3n) is 3.99. The molecule has 0 spiro atoms. The molecule has 126 valence electrons. The first kappa shape index (κ1) is 16.9. The van der Waals surface area contributed by atoms with Gasteiger partial charge in [0.1, 0.15) is 11.9 Å². The number of likely N-dealkylation sites (tertiary alicyclic amines) is 1. The average Bonchev–Trinajstić information content (AvgIpc) is 2.54. The Morgan fingerprint density at radius 3 is 2.71 bits per heavy atom. The highest BCUT2D eigenvalue weighted by Crippen LogP contribution is 2.20. The predicted octanol–water partition coefficient (Wildman–Crippen LogP) is 3.54. The maximum absolute atomic E-state index is 12.6. The van der Waals surface area contributed by atoms with Crippen LogP contribution >= 0.6 is 15.9 Å². The second kappa shape index (κ2) is 7.30. The molecule has 1 aliphatic heterocycles. The Bertz CT molecular complexity index is 713. The van der Waals surface area contributed by atoms with Crippen molar-refractivity contribution in [1.29, 1.82) is 0 Å². The number of benzene rings is 1. The van der Waals surface area contributed by atoms with Crippen molar-refractivity contribution in [1.82, 2.24) is 14.9 Å². The zero-order chi connectivity index (χ0) is 17.1. The fourth-order valence-corrected chi connectivity index (χ4v) is 3.17. The Balaban J connectivity index is 1.67. The van der Waals surface area contributed by atoms with Gasteiger partial charge in [0.25, 0.3) is 5.91 Å². The van der Waals surface area contributed by atoms with Crippen LogP contribution in [0.5, 0.6) is 5.88 Å². The van der Waals surface area contributed by atoms with E-state index in [9.17, 15) is 4.79 Å². The number of hydrogen-bond acceptors (Lipinski definition) is 4. The van der Waals surface area contributed by atoms with Crippen LogP contribution in [0.15, 0.2) is 34.8 Å². The molecule has 1 amide bonds. The molecule has 1 fully saturated rings. The van der Waals surface area contributed by atoms with Crippen LogP contribution in [0.3, 0.4) is 0 Å². The molecule has 0 aliphatic carbocycles. The Morgan fingerprint density at radius 2 is 2.00 bits per heavy atom. The Kier molecular flexibility index (Phi) is 5.14. The van der Waals surface area contributed by atoms with Crippen molar-refractivity contribution in [3.05, 3.63) is 51.9 Å². The van der Waals surface area contributed by atoms with Crippen molar-refractivity contribution in [3.8, 4) is 5.88 Å². The monoisotopic (exact) mass is 389 g/mol. The van der Waals surface area contributed by atoms with Crippen LogP contribution in [0.2, 0.25) is 0 Å². The van der Waals surface area contributed by atoms with Gasteiger partial charge in [-0.05, 0) is 51.0 Å². The smallest absolute Gasteiger partial charge is 0.253 e. The van der Waals surface area contributed by atoms with Crippen LogP contribution in [0.1, 0.15) is 34.7 Å². The van der Waals surface area contributed by atoms with Gasteiger partial charge < -0.3 is 9.64 Å². The van der Waals surface area contributed by atoms with Crippen LogP contribution in [0.4, 0.5) is 0 Å². The zero-order valence-corrected chi connectivity index (χ0v) is 15.4. The number of carbonyl (C=O) groups excluding carboxylic acids is 1. The molecule has 5 nitrogen and oxygen atoms in total. The summed E-state index contributed by atoms with van der Waals surface area (Å²) in [6.45, 7) is 5.11. The van der Waals surface area contributed by atoms with E-state index in [0.29, 0.717) is 23.8 Å². The summed E-state index contributed by atoms with van der Waals surface area (Å²) in [6.07, 6.45) is 1.81. The molecule has 1 saturated heterocycles. The average molecular weight is 390 g/mol. The highest BCUT2D eigenvalue weighted by atomic mass is 79.9. The summed E-state index contributed by atoms with van der Waals surface area (Å²) >= 11 is 3.39. The molecule has 0 N–H and O–H groups in total. The highest BCUT2D eigenvalue weighted by Gasteiger charge is 2.26. The SMILES string of the molecule is Cc1cc(OC2CCCN(C(=O)c3ccc(Br)cc3)C2)nc(C)n1. The van der Waals surface area contributed by atoms with E-state index in [0.717, 1.165) is 29.6 Å². The molecule has 1 atom stereocenters. The van der Waals surface area contributed by atoms with Crippen molar-refractivity contribution in [3.63, 3.8) is 0 Å². The van der Waals surface area contributed by atoms with E-state index in [1.807, 2.05) is 49.1 Å². The van der Waals surface area contributed by atoms with Gasteiger partial charge in [-0.1, -0.05) is 15.9 Å².